The summed E-state index contributed by atoms with van der Waals surface area (Å²) in [6.07, 6.45) is 0.141. The summed E-state index contributed by atoms with van der Waals surface area (Å²) in [4.78, 5) is 23.3. The van der Waals surface area contributed by atoms with Crippen molar-refractivity contribution in [1.82, 2.24) is 5.32 Å². The van der Waals surface area contributed by atoms with Crippen LogP contribution in [0.3, 0.4) is 0 Å². The van der Waals surface area contributed by atoms with Crippen LogP contribution in [0.4, 0.5) is 0 Å². The van der Waals surface area contributed by atoms with Gasteiger partial charge in [-0.25, -0.2) is 0 Å². The number of aliphatic hydroxyl groups excluding tert-OH is 2. The van der Waals surface area contributed by atoms with Gasteiger partial charge in [-0.2, -0.15) is 0 Å². The number of carbonyl (C=O) groups is 2. The Labute approximate surface area is 105 Å². The SMILES string of the molecule is O=C(CC(=O)c1ccccc1CCO)NCCO. The van der Waals surface area contributed by atoms with Crippen molar-refractivity contribution < 1.29 is 19.8 Å². The Hall–Kier alpha value is -1.72. The largest absolute Gasteiger partial charge is 0.396 e. The van der Waals surface area contributed by atoms with Crippen molar-refractivity contribution in [3.05, 3.63) is 35.4 Å². The second-order valence-corrected chi connectivity index (χ2v) is 3.80. The summed E-state index contributed by atoms with van der Waals surface area (Å²) in [7, 11) is 0. The van der Waals surface area contributed by atoms with E-state index in [1.165, 1.54) is 0 Å². The third-order valence-electron chi connectivity index (χ3n) is 2.45. The van der Waals surface area contributed by atoms with Crippen molar-refractivity contribution in [2.75, 3.05) is 19.8 Å². The number of Topliss-reactive ketones (excluding diaryl/α,β-unsaturated/α-hetero) is 1. The van der Waals surface area contributed by atoms with Crippen LogP contribution >= 0.6 is 0 Å². The summed E-state index contributed by atoms with van der Waals surface area (Å²) in [5, 5.41) is 19.9. The van der Waals surface area contributed by atoms with Gasteiger partial charge in [0, 0.05) is 18.7 Å². The summed E-state index contributed by atoms with van der Waals surface area (Å²) >= 11 is 0. The average molecular weight is 251 g/mol. The van der Waals surface area contributed by atoms with Gasteiger partial charge in [0.2, 0.25) is 5.91 Å². The summed E-state index contributed by atoms with van der Waals surface area (Å²) in [6.45, 7) is -0.0492. The summed E-state index contributed by atoms with van der Waals surface area (Å²) in [5.41, 5.74) is 1.20. The molecule has 0 spiro atoms. The van der Waals surface area contributed by atoms with Crippen LogP contribution < -0.4 is 5.32 Å². The van der Waals surface area contributed by atoms with Crippen LogP contribution in [-0.2, 0) is 11.2 Å². The zero-order valence-corrected chi connectivity index (χ0v) is 10.1. The van der Waals surface area contributed by atoms with Crippen molar-refractivity contribution in [2.24, 2.45) is 0 Å². The summed E-state index contributed by atoms with van der Waals surface area (Å²) < 4.78 is 0. The molecule has 0 atom stereocenters. The van der Waals surface area contributed by atoms with Crippen LogP contribution in [0.2, 0.25) is 0 Å². The number of amides is 1. The van der Waals surface area contributed by atoms with E-state index >= 15 is 0 Å². The summed E-state index contributed by atoms with van der Waals surface area (Å²) in [5.74, 6) is -0.692. The molecule has 0 saturated carbocycles. The maximum absolute atomic E-state index is 11.9. The first-order valence-electron chi connectivity index (χ1n) is 5.78. The molecule has 1 amide bonds. The minimum atomic E-state index is -0.409. The zero-order valence-electron chi connectivity index (χ0n) is 10.1. The Kier molecular flexibility index (Phi) is 6.04. The molecule has 0 saturated heterocycles. The van der Waals surface area contributed by atoms with Crippen LogP contribution in [0.25, 0.3) is 0 Å². The lowest BCUT2D eigenvalue weighted by Crippen LogP contribution is -2.28. The minimum Gasteiger partial charge on any atom is -0.396 e. The molecule has 0 bridgehead atoms. The van der Waals surface area contributed by atoms with Crippen LogP contribution in [0.5, 0.6) is 0 Å². The molecule has 0 heterocycles. The van der Waals surface area contributed by atoms with Gasteiger partial charge in [-0.05, 0) is 12.0 Å². The monoisotopic (exact) mass is 251 g/mol. The standard InChI is InChI=1S/C13H17NO4/c15-7-5-10-3-1-2-4-11(10)12(17)9-13(18)14-6-8-16/h1-4,15-16H,5-9H2,(H,14,18). The normalized spacial score (nSPS) is 10.1. The number of nitrogens with one attached hydrogen (secondary N) is 1. The number of rotatable bonds is 7. The summed E-state index contributed by atoms with van der Waals surface area (Å²) in [6, 6.07) is 6.91. The van der Waals surface area contributed by atoms with Crippen LogP contribution in [0.1, 0.15) is 22.3 Å². The number of hydrogen-bond acceptors (Lipinski definition) is 4. The lowest BCUT2D eigenvalue weighted by molar-refractivity contribution is -0.120. The predicted octanol–water partition coefficient (Wildman–Crippen LogP) is -0.0973. The number of aliphatic hydroxyl groups is 2. The van der Waals surface area contributed by atoms with E-state index in [2.05, 4.69) is 5.32 Å². The van der Waals surface area contributed by atoms with Gasteiger partial charge >= 0.3 is 0 Å². The number of benzene rings is 1. The van der Waals surface area contributed by atoms with Gasteiger partial charge in [-0.3, -0.25) is 9.59 Å². The third kappa shape index (κ3) is 4.27. The van der Waals surface area contributed by atoms with Gasteiger partial charge in [0.15, 0.2) is 5.78 Å². The molecule has 1 aromatic rings. The molecule has 1 rings (SSSR count). The molecule has 5 heteroatoms. The zero-order chi connectivity index (χ0) is 13.4. The second-order valence-electron chi connectivity index (χ2n) is 3.80. The highest BCUT2D eigenvalue weighted by Crippen LogP contribution is 2.11. The van der Waals surface area contributed by atoms with Gasteiger partial charge < -0.3 is 15.5 Å². The van der Waals surface area contributed by atoms with Crippen LogP contribution in [0, 0.1) is 0 Å². The van der Waals surface area contributed by atoms with Crippen LogP contribution in [-0.4, -0.2) is 41.7 Å². The number of carbonyl (C=O) groups excluding carboxylic acids is 2. The maximum Gasteiger partial charge on any atom is 0.227 e. The van der Waals surface area contributed by atoms with Gasteiger partial charge in [0.25, 0.3) is 0 Å². The minimum absolute atomic E-state index is 0.0407. The van der Waals surface area contributed by atoms with E-state index < -0.39 is 5.91 Å². The Morgan fingerprint density at radius 1 is 1.11 bits per heavy atom. The highest BCUT2D eigenvalue weighted by Gasteiger charge is 2.14. The number of hydrogen-bond donors (Lipinski definition) is 3. The molecule has 1 aromatic carbocycles. The Balaban J connectivity index is 2.68. The lowest BCUT2D eigenvalue weighted by Gasteiger charge is -2.07. The van der Waals surface area contributed by atoms with Crippen molar-refractivity contribution in [2.45, 2.75) is 12.8 Å². The van der Waals surface area contributed by atoms with E-state index in [0.29, 0.717) is 12.0 Å². The van der Waals surface area contributed by atoms with Gasteiger partial charge in [0.1, 0.15) is 0 Å². The van der Waals surface area contributed by atoms with E-state index in [0.717, 1.165) is 5.56 Å². The molecular weight excluding hydrogens is 234 g/mol. The highest BCUT2D eigenvalue weighted by atomic mass is 16.3. The van der Waals surface area contributed by atoms with Gasteiger partial charge in [-0.1, -0.05) is 24.3 Å². The van der Waals surface area contributed by atoms with E-state index in [4.69, 9.17) is 10.2 Å². The molecule has 3 N–H and O–H groups in total. The van der Waals surface area contributed by atoms with Gasteiger partial charge in [0.05, 0.1) is 13.0 Å². The molecule has 5 nitrogen and oxygen atoms in total. The molecular formula is C13H17NO4. The maximum atomic E-state index is 11.9. The van der Waals surface area contributed by atoms with Crippen molar-refractivity contribution in [3.8, 4) is 0 Å². The Bertz CT molecular complexity index is 417. The first-order valence-corrected chi connectivity index (χ1v) is 5.78. The van der Waals surface area contributed by atoms with E-state index in [1.54, 1.807) is 24.3 Å². The molecule has 0 radical (unpaired) electrons. The number of ketones is 1. The topological polar surface area (TPSA) is 86.6 Å². The molecule has 0 unspecified atom stereocenters. The molecule has 0 aromatic heterocycles. The van der Waals surface area contributed by atoms with E-state index in [9.17, 15) is 9.59 Å². The van der Waals surface area contributed by atoms with E-state index in [-0.39, 0.29) is 32.0 Å². The first kappa shape index (κ1) is 14.3. The fourth-order valence-corrected chi connectivity index (χ4v) is 1.63. The van der Waals surface area contributed by atoms with Crippen molar-refractivity contribution >= 4 is 11.7 Å². The average Bonchev–Trinajstić information content (AvgIpc) is 2.37. The second kappa shape index (κ2) is 7.58. The van der Waals surface area contributed by atoms with Crippen LogP contribution in [0.15, 0.2) is 24.3 Å². The molecule has 0 aliphatic heterocycles. The fraction of sp³-hybridized carbons (Fsp3) is 0.385. The molecule has 98 valence electrons. The van der Waals surface area contributed by atoms with Crippen molar-refractivity contribution in [3.63, 3.8) is 0 Å². The van der Waals surface area contributed by atoms with Gasteiger partial charge in [-0.15, -0.1) is 0 Å². The van der Waals surface area contributed by atoms with Crippen molar-refractivity contribution in [1.29, 1.82) is 0 Å². The quantitative estimate of drug-likeness (QED) is 0.466. The Morgan fingerprint density at radius 2 is 1.83 bits per heavy atom. The smallest absolute Gasteiger partial charge is 0.227 e. The Morgan fingerprint density at radius 3 is 2.50 bits per heavy atom. The van der Waals surface area contributed by atoms with E-state index in [1.807, 2.05) is 0 Å². The molecule has 0 fully saturated rings. The first-order chi connectivity index (χ1) is 8.69. The highest BCUT2D eigenvalue weighted by molar-refractivity contribution is 6.08. The fourth-order valence-electron chi connectivity index (χ4n) is 1.63. The molecule has 0 aliphatic rings. The molecule has 18 heavy (non-hydrogen) atoms. The lowest BCUT2D eigenvalue weighted by atomic mass is 9.99. The third-order valence-corrected chi connectivity index (χ3v) is 2.45. The molecule has 0 aliphatic carbocycles. The predicted molar refractivity (Wildman–Crippen MR) is 66.3 cm³/mol.